The number of amides is 2. The number of hydrogen-bond acceptors (Lipinski definition) is 2. The predicted molar refractivity (Wildman–Crippen MR) is 86.8 cm³/mol. The van der Waals surface area contributed by atoms with Crippen LogP contribution in [0.5, 0.6) is 0 Å². The van der Waals surface area contributed by atoms with Crippen LogP contribution < -0.4 is 5.32 Å². The molecule has 1 aromatic rings. The van der Waals surface area contributed by atoms with E-state index in [4.69, 9.17) is 11.6 Å². The van der Waals surface area contributed by atoms with E-state index < -0.39 is 29.0 Å². The van der Waals surface area contributed by atoms with Gasteiger partial charge in [-0.25, -0.2) is 0 Å². The maximum atomic E-state index is 12.8. The number of benzene rings is 1. The van der Waals surface area contributed by atoms with Crippen LogP contribution in [0.4, 0.5) is 18.9 Å². The van der Waals surface area contributed by atoms with Crippen LogP contribution in [0.15, 0.2) is 18.2 Å². The molecule has 1 N–H and O–H groups in total. The predicted octanol–water partition coefficient (Wildman–Crippen LogP) is 4.19. The van der Waals surface area contributed by atoms with Crippen molar-refractivity contribution in [3.8, 4) is 0 Å². The molecular formula is C16H20ClF3N2O2. The maximum absolute atomic E-state index is 12.8. The van der Waals surface area contributed by atoms with Gasteiger partial charge in [0.2, 0.25) is 11.8 Å². The molecule has 134 valence electrons. The molecule has 1 rings (SSSR count). The van der Waals surface area contributed by atoms with Crippen LogP contribution in [0.2, 0.25) is 5.02 Å². The average Bonchev–Trinajstić information content (AvgIpc) is 2.49. The second kappa shape index (κ2) is 7.42. The first-order chi connectivity index (χ1) is 10.9. The zero-order valence-corrected chi connectivity index (χ0v) is 14.7. The Labute approximate surface area is 144 Å². The first-order valence-corrected chi connectivity index (χ1v) is 7.80. The Bertz CT molecular complexity index is 626. The molecule has 0 aliphatic carbocycles. The van der Waals surface area contributed by atoms with Gasteiger partial charge in [0.1, 0.15) is 5.41 Å². The second-order valence-electron chi connectivity index (χ2n) is 5.75. The van der Waals surface area contributed by atoms with Crippen molar-refractivity contribution in [3.05, 3.63) is 28.8 Å². The highest BCUT2D eigenvalue weighted by Crippen LogP contribution is 2.34. The number of alkyl halides is 3. The standard InChI is InChI=1S/C16H20ClF3N2O2/c1-5-22(6-2)14(24)15(3,4)13(23)21-12-9-10(16(18,19)20)7-8-11(12)17/h7-9H,5-6H2,1-4H3,(H,21,23). The summed E-state index contributed by atoms with van der Waals surface area (Å²) in [4.78, 5) is 26.3. The Hall–Kier alpha value is -1.76. The third-order valence-corrected chi connectivity index (χ3v) is 4.02. The lowest BCUT2D eigenvalue weighted by molar-refractivity contribution is -0.146. The Morgan fingerprint density at radius 2 is 1.71 bits per heavy atom. The molecule has 0 bridgehead atoms. The molecule has 0 aliphatic heterocycles. The molecule has 0 unspecified atom stereocenters. The fraction of sp³-hybridized carbons (Fsp3) is 0.500. The normalized spacial score (nSPS) is 12.0. The Balaban J connectivity index is 3.08. The minimum absolute atomic E-state index is 0.0394. The van der Waals surface area contributed by atoms with Crippen LogP contribution in [-0.2, 0) is 15.8 Å². The van der Waals surface area contributed by atoms with E-state index in [1.54, 1.807) is 13.8 Å². The molecule has 24 heavy (non-hydrogen) atoms. The largest absolute Gasteiger partial charge is 0.416 e. The number of halogens is 4. The molecule has 4 nitrogen and oxygen atoms in total. The number of carbonyl (C=O) groups excluding carboxylic acids is 2. The van der Waals surface area contributed by atoms with Gasteiger partial charge in [0.15, 0.2) is 0 Å². The molecule has 0 heterocycles. The summed E-state index contributed by atoms with van der Waals surface area (Å²) >= 11 is 5.86. The summed E-state index contributed by atoms with van der Waals surface area (Å²) < 4.78 is 38.3. The lowest BCUT2D eigenvalue weighted by Crippen LogP contribution is -2.47. The highest BCUT2D eigenvalue weighted by Gasteiger charge is 2.39. The number of hydrogen-bond donors (Lipinski definition) is 1. The summed E-state index contributed by atoms with van der Waals surface area (Å²) in [5, 5.41) is 2.29. The number of anilines is 1. The fourth-order valence-electron chi connectivity index (χ4n) is 2.08. The van der Waals surface area contributed by atoms with E-state index in [-0.39, 0.29) is 10.7 Å². The fourth-order valence-corrected chi connectivity index (χ4v) is 2.24. The smallest absolute Gasteiger partial charge is 0.342 e. The minimum Gasteiger partial charge on any atom is -0.342 e. The van der Waals surface area contributed by atoms with Gasteiger partial charge < -0.3 is 10.2 Å². The monoisotopic (exact) mass is 364 g/mol. The van der Waals surface area contributed by atoms with Gasteiger partial charge in [0.25, 0.3) is 0 Å². The zero-order valence-electron chi connectivity index (χ0n) is 13.9. The van der Waals surface area contributed by atoms with E-state index in [1.165, 1.54) is 18.7 Å². The van der Waals surface area contributed by atoms with Gasteiger partial charge in [0.05, 0.1) is 16.3 Å². The zero-order chi connectivity index (χ0) is 18.7. The van der Waals surface area contributed by atoms with Crippen molar-refractivity contribution in [3.63, 3.8) is 0 Å². The lowest BCUT2D eigenvalue weighted by atomic mass is 9.90. The van der Waals surface area contributed by atoms with Crippen LogP contribution in [-0.4, -0.2) is 29.8 Å². The van der Waals surface area contributed by atoms with E-state index in [9.17, 15) is 22.8 Å². The molecule has 0 saturated carbocycles. The molecule has 0 aromatic heterocycles. The van der Waals surface area contributed by atoms with Crippen LogP contribution in [0.25, 0.3) is 0 Å². The molecule has 0 radical (unpaired) electrons. The third kappa shape index (κ3) is 4.41. The molecule has 2 amide bonds. The summed E-state index contributed by atoms with van der Waals surface area (Å²) in [5.74, 6) is -1.13. The first kappa shape index (κ1) is 20.3. The van der Waals surface area contributed by atoms with E-state index in [0.717, 1.165) is 18.2 Å². The summed E-state index contributed by atoms with van der Waals surface area (Å²) in [6.45, 7) is 7.25. The molecular weight excluding hydrogens is 345 g/mol. The Kier molecular flexibility index (Phi) is 6.27. The maximum Gasteiger partial charge on any atom is 0.416 e. The van der Waals surface area contributed by atoms with Crippen molar-refractivity contribution in [1.29, 1.82) is 0 Å². The number of nitrogens with zero attached hydrogens (tertiary/aromatic N) is 1. The van der Waals surface area contributed by atoms with Crippen LogP contribution in [0, 0.1) is 5.41 Å². The summed E-state index contributed by atoms with van der Waals surface area (Å²) in [6, 6.07) is 2.63. The highest BCUT2D eigenvalue weighted by atomic mass is 35.5. The number of nitrogens with one attached hydrogen (secondary N) is 1. The van der Waals surface area contributed by atoms with Crippen LogP contribution >= 0.6 is 11.6 Å². The quantitative estimate of drug-likeness (QED) is 0.796. The average molecular weight is 365 g/mol. The molecule has 0 fully saturated rings. The van der Waals surface area contributed by atoms with E-state index in [0.29, 0.717) is 13.1 Å². The molecule has 0 aliphatic rings. The number of carbonyl (C=O) groups is 2. The van der Waals surface area contributed by atoms with Gasteiger partial charge in [-0.15, -0.1) is 0 Å². The highest BCUT2D eigenvalue weighted by molar-refractivity contribution is 6.34. The summed E-state index contributed by atoms with van der Waals surface area (Å²) in [5.41, 5.74) is -2.56. The second-order valence-corrected chi connectivity index (χ2v) is 6.16. The molecule has 8 heteroatoms. The lowest BCUT2D eigenvalue weighted by Gasteiger charge is -2.29. The van der Waals surface area contributed by atoms with Crippen molar-refractivity contribution >= 4 is 29.1 Å². The minimum atomic E-state index is -4.56. The SMILES string of the molecule is CCN(CC)C(=O)C(C)(C)C(=O)Nc1cc(C(F)(F)F)ccc1Cl. The summed E-state index contributed by atoms with van der Waals surface area (Å²) in [7, 11) is 0. The van der Waals surface area contributed by atoms with Gasteiger partial charge >= 0.3 is 6.18 Å². The van der Waals surface area contributed by atoms with E-state index in [2.05, 4.69) is 5.32 Å². The molecule has 0 saturated heterocycles. The van der Waals surface area contributed by atoms with E-state index >= 15 is 0 Å². The summed E-state index contributed by atoms with van der Waals surface area (Å²) in [6.07, 6.45) is -4.56. The van der Waals surface area contributed by atoms with E-state index in [1.807, 2.05) is 0 Å². The van der Waals surface area contributed by atoms with Crippen molar-refractivity contribution in [2.45, 2.75) is 33.9 Å². The van der Waals surface area contributed by atoms with Gasteiger partial charge in [-0.05, 0) is 45.9 Å². The van der Waals surface area contributed by atoms with Gasteiger partial charge in [-0.2, -0.15) is 13.2 Å². The number of rotatable bonds is 5. The Morgan fingerprint density at radius 3 is 2.17 bits per heavy atom. The van der Waals surface area contributed by atoms with Gasteiger partial charge in [-0.1, -0.05) is 11.6 Å². The van der Waals surface area contributed by atoms with Crippen molar-refractivity contribution in [2.24, 2.45) is 5.41 Å². The van der Waals surface area contributed by atoms with Gasteiger partial charge in [-0.3, -0.25) is 9.59 Å². The van der Waals surface area contributed by atoms with Crippen LogP contribution in [0.1, 0.15) is 33.3 Å². The van der Waals surface area contributed by atoms with Gasteiger partial charge in [0, 0.05) is 13.1 Å². The topological polar surface area (TPSA) is 49.4 Å². The third-order valence-electron chi connectivity index (χ3n) is 3.69. The first-order valence-electron chi connectivity index (χ1n) is 7.42. The van der Waals surface area contributed by atoms with Crippen LogP contribution in [0.3, 0.4) is 0 Å². The molecule has 0 spiro atoms. The molecule has 1 aromatic carbocycles. The Morgan fingerprint density at radius 1 is 1.17 bits per heavy atom. The van der Waals surface area contributed by atoms with Crippen molar-refractivity contribution in [2.75, 3.05) is 18.4 Å². The molecule has 0 atom stereocenters. The van der Waals surface area contributed by atoms with Crippen molar-refractivity contribution < 1.29 is 22.8 Å². The van der Waals surface area contributed by atoms with Crippen molar-refractivity contribution in [1.82, 2.24) is 4.90 Å².